The number of halogens is 1. The maximum absolute atomic E-state index is 11.8. The molecule has 0 aromatic rings. The zero-order valence-corrected chi connectivity index (χ0v) is 10.7. The molecule has 2 N–H and O–H groups in total. The van der Waals surface area contributed by atoms with E-state index in [9.17, 15) is 4.79 Å². The molecule has 4 atom stereocenters. The molecule has 2 saturated heterocycles. The van der Waals surface area contributed by atoms with Gasteiger partial charge in [-0.05, 0) is 26.3 Å². The summed E-state index contributed by atoms with van der Waals surface area (Å²) in [7, 11) is 1.87. The van der Waals surface area contributed by atoms with Gasteiger partial charge in [0.15, 0.2) is 0 Å². The van der Waals surface area contributed by atoms with Gasteiger partial charge < -0.3 is 15.4 Å². The molecule has 0 aromatic carbocycles. The Labute approximate surface area is 103 Å². The van der Waals surface area contributed by atoms with Gasteiger partial charge >= 0.3 is 0 Å². The number of hydrogen-bond acceptors (Lipinski definition) is 3. The molecule has 0 aliphatic carbocycles. The minimum atomic E-state index is 0. The van der Waals surface area contributed by atoms with Gasteiger partial charge in [0.1, 0.15) is 0 Å². The van der Waals surface area contributed by atoms with Crippen molar-refractivity contribution in [2.45, 2.75) is 44.4 Å². The van der Waals surface area contributed by atoms with Crippen molar-refractivity contribution in [2.24, 2.45) is 5.92 Å². The van der Waals surface area contributed by atoms with Gasteiger partial charge in [-0.2, -0.15) is 0 Å². The predicted octanol–water partition coefficient (Wildman–Crippen LogP) is 0.700. The minimum Gasteiger partial charge on any atom is -0.373 e. The van der Waals surface area contributed by atoms with E-state index in [1.54, 1.807) is 0 Å². The van der Waals surface area contributed by atoms with Gasteiger partial charge in [0.2, 0.25) is 5.91 Å². The van der Waals surface area contributed by atoms with E-state index in [1.807, 2.05) is 14.0 Å². The maximum atomic E-state index is 11.8. The fourth-order valence-electron chi connectivity index (χ4n) is 2.51. The summed E-state index contributed by atoms with van der Waals surface area (Å²) in [6, 6.07) is 0.260. The highest BCUT2D eigenvalue weighted by Crippen LogP contribution is 2.34. The van der Waals surface area contributed by atoms with Crippen LogP contribution in [0, 0.1) is 5.92 Å². The third kappa shape index (κ3) is 2.87. The van der Waals surface area contributed by atoms with Crippen molar-refractivity contribution < 1.29 is 9.53 Å². The van der Waals surface area contributed by atoms with E-state index in [-0.39, 0.29) is 36.4 Å². The monoisotopic (exact) mass is 248 g/mol. The minimum absolute atomic E-state index is 0. The molecule has 2 rings (SSSR count). The number of carbonyl (C=O) groups is 1. The molecule has 0 radical (unpaired) electrons. The summed E-state index contributed by atoms with van der Waals surface area (Å²) in [4.78, 5) is 11.8. The molecule has 2 bridgehead atoms. The first-order valence-electron chi connectivity index (χ1n) is 5.81. The number of ether oxygens (including phenoxy) is 1. The predicted molar refractivity (Wildman–Crippen MR) is 64.8 cm³/mol. The lowest BCUT2D eigenvalue weighted by Gasteiger charge is -2.22. The Bertz CT molecular complexity index is 250. The average molecular weight is 249 g/mol. The number of nitrogens with one attached hydrogen (secondary N) is 2. The Kier molecular flexibility index (Phi) is 5.02. The summed E-state index contributed by atoms with van der Waals surface area (Å²) in [6.45, 7) is 2.67. The number of hydrogen-bond donors (Lipinski definition) is 2. The quantitative estimate of drug-likeness (QED) is 0.770. The van der Waals surface area contributed by atoms with E-state index in [1.165, 1.54) is 6.42 Å². The van der Waals surface area contributed by atoms with Crippen LogP contribution in [0.15, 0.2) is 0 Å². The number of fused-ring (bicyclic) bond motifs is 2. The first-order chi connectivity index (χ1) is 7.20. The van der Waals surface area contributed by atoms with Gasteiger partial charge in [-0.1, -0.05) is 6.92 Å². The zero-order valence-electron chi connectivity index (χ0n) is 9.86. The van der Waals surface area contributed by atoms with Crippen molar-refractivity contribution in [3.05, 3.63) is 0 Å². The van der Waals surface area contributed by atoms with Crippen LogP contribution >= 0.6 is 12.4 Å². The van der Waals surface area contributed by atoms with Crippen LogP contribution < -0.4 is 10.6 Å². The van der Waals surface area contributed by atoms with Crippen LogP contribution in [0.1, 0.15) is 26.2 Å². The standard InChI is InChI=1S/C11H20N2O2.ClH/c1-7(6-12-2)11(14)13-9-5-8-3-4-10(9)15-8;/h7-10,12H,3-6H2,1-2H3,(H,13,14);1H/t7?,8-,9-,10+;/m1./s1. The molecule has 2 heterocycles. The second kappa shape index (κ2) is 5.84. The maximum Gasteiger partial charge on any atom is 0.224 e. The fraction of sp³-hybridized carbons (Fsp3) is 0.909. The Morgan fingerprint density at radius 2 is 2.25 bits per heavy atom. The second-order valence-electron chi connectivity index (χ2n) is 4.68. The molecule has 2 fully saturated rings. The van der Waals surface area contributed by atoms with E-state index in [2.05, 4.69) is 10.6 Å². The molecule has 0 spiro atoms. The Morgan fingerprint density at radius 1 is 1.50 bits per heavy atom. The Morgan fingerprint density at radius 3 is 2.75 bits per heavy atom. The molecule has 0 aromatic heterocycles. The van der Waals surface area contributed by atoms with Crippen molar-refractivity contribution >= 4 is 18.3 Å². The normalized spacial score (nSPS) is 33.2. The lowest BCUT2D eigenvalue weighted by atomic mass is 9.95. The topological polar surface area (TPSA) is 50.4 Å². The van der Waals surface area contributed by atoms with Crippen LogP contribution in [0.5, 0.6) is 0 Å². The number of carbonyl (C=O) groups excluding carboxylic acids is 1. The Hall–Kier alpha value is -0.320. The lowest BCUT2D eigenvalue weighted by Crippen LogP contribution is -2.45. The highest BCUT2D eigenvalue weighted by atomic mass is 35.5. The summed E-state index contributed by atoms with van der Waals surface area (Å²) in [6.07, 6.45) is 3.96. The van der Waals surface area contributed by atoms with E-state index in [0.717, 1.165) is 19.4 Å². The van der Waals surface area contributed by atoms with Gasteiger partial charge in [0.25, 0.3) is 0 Å². The van der Waals surface area contributed by atoms with Gasteiger partial charge in [-0.25, -0.2) is 0 Å². The van der Waals surface area contributed by atoms with Crippen LogP contribution in [-0.2, 0) is 9.53 Å². The lowest BCUT2D eigenvalue weighted by molar-refractivity contribution is -0.125. The van der Waals surface area contributed by atoms with Crippen molar-refractivity contribution in [1.82, 2.24) is 10.6 Å². The first-order valence-corrected chi connectivity index (χ1v) is 5.81. The van der Waals surface area contributed by atoms with E-state index >= 15 is 0 Å². The van der Waals surface area contributed by atoms with Crippen LogP contribution in [0.4, 0.5) is 0 Å². The number of amides is 1. The third-order valence-corrected chi connectivity index (χ3v) is 3.39. The summed E-state index contributed by atoms with van der Waals surface area (Å²) < 4.78 is 5.70. The van der Waals surface area contributed by atoms with Crippen LogP contribution in [0.3, 0.4) is 0 Å². The summed E-state index contributed by atoms with van der Waals surface area (Å²) in [5.41, 5.74) is 0. The molecular weight excluding hydrogens is 228 g/mol. The van der Waals surface area contributed by atoms with E-state index in [0.29, 0.717) is 6.10 Å². The highest BCUT2D eigenvalue weighted by molar-refractivity contribution is 5.85. The average Bonchev–Trinajstić information content (AvgIpc) is 2.79. The molecule has 1 unspecified atom stereocenters. The van der Waals surface area contributed by atoms with Gasteiger partial charge in [-0.15, -0.1) is 12.4 Å². The van der Waals surface area contributed by atoms with Crippen molar-refractivity contribution in [2.75, 3.05) is 13.6 Å². The molecule has 5 heteroatoms. The highest BCUT2D eigenvalue weighted by Gasteiger charge is 2.41. The van der Waals surface area contributed by atoms with Gasteiger partial charge in [0, 0.05) is 12.5 Å². The second-order valence-corrected chi connectivity index (χ2v) is 4.68. The number of rotatable bonds is 4. The molecule has 16 heavy (non-hydrogen) atoms. The fourth-order valence-corrected chi connectivity index (χ4v) is 2.51. The van der Waals surface area contributed by atoms with Crippen LogP contribution in [0.2, 0.25) is 0 Å². The molecule has 94 valence electrons. The summed E-state index contributed by atoms with van der Waals surface area (Å²) >= 11 is 0. The molecule has 2 aliphatic rings. The molecule has 4 nitrogen and oxygen atoms in total. The van der Waals surface area contributed by atoms with Crippen molar-refractivity contribution in [3.63, 3.8) is 0 Å². The molecule has 2 aliphatic heterocycles. The van der Waals surface area contributed by atoms with Gasteiger partial charge in [-0.3, -0.25) is 4.79 Å². The van der Waals surface area contributed by atoms with E-state index in [4.69, 9.17) is 4.74 Å². The van der Waals surface area contributed by atoms with E-state index < -0.39 is 0 Å². The third-order valence-electron chi connectivity index (χ3n) is 3.39. The van der Waals surface area contributed by atoms with Crippen molar-refractivity contribution in [1.29, 1.82) is 0 Å². The molecular formula is C11H21ClN2O2. The first kappa shape index (κ1) is 13.7. The van der Waals surface area contributed by atoms with Crippen LogP contribution in [0.25, 0.3) is 0 Å². The van der Waals surface area contributed by atoms with Crippen LogP contribution in [-0.4, -0.2) is 37.7 Å². The van der Waals surface area contributed by atoms with Gasteiger partial charge in [0.05, 0.1) is 18.2 Å². The Balaban J connectivity index is 0.00000128. The molecule has 0 saturated carbocycles. The SMILES string of the molecule is CNCC(C)C(=O)N[C@@H]1C[C@H]2CC[C@@H]1O2.Cl. The summed E-state index contributed by atoms with van der Waals surface area (Å²) in [5, 5.41) is 6.11. The zero-order chi connectivity index (χ0) is 10.8. The summed E-state index contributed by atoms with van der Waals surface area (Å²) in [5.74, 6) is 0.180. The largest absolute Gasteiger partial charge is 0.373 e. The molecule has 1 amide bonds. The smallest absolute Gasteiger partial charge is 0.224 e. The van der Waals surface area contributed by atoms with Crippen molar-refractivity contribution in [3.8, 4) is 0 Å².